The van der Waals surface area contributed by atoms with Crippen LogP contribution in [0.3, 0.4) is 0 Å². The first kappa shape index (κ1) is 16.1. The Bertz CT molecular complexity index is 729. The molecule has 2 aromatic rings. The van der Waals surface area contributed by atoms with Crippen molar-refractivity contribution in [3.63, 3.8) is 0 Å². The molecule has 126 valence electrons. The summed E-state index contributed by atoms with van der Waals surface area (Å²) in [5.41, 5.74) is 2.82. The Morgan fingerprint density at radius 3 is 2.54 bits per heavy atom. The van der Waals surface area contributed by atoms with Gasteiger partial charge in [0.2, 0.25) is 0 Å². The monoisotopic (exact) mass is 328 g/mol. The third-order valence-corrected chi connectivity index (χ3v) is 3.77. The fourth-order valence-electron chi connectivity index (χ4n) is 2.55. The summed E-state index contributed by atoms with van der Waals surface area (Å²) in [5, 5.41) is 12.2. The minimum Gasteiger partial charge on any atom is -0.497 e. The fraction of sp³-hybridized carbons (Fsp3) is 0.278. The van der Waals surface area contributed by atoms with E-state index in [1.54, 1.807) is 14.2 Å². The molecular weight excluding hydrogens is 308 g/mol. The van der Waals surface area contributed by atoms with Gasteiger partial charge in [0.1, 0.15) is 30.0 Å². The highest BCUT2D eigenvalue weighted by Gasteiger charge is 2.19. The van der Waals surface area contributed by atoms with Gasteiger partial charge in [-0.15, -0.1) is 0 Å². The van der Waals surface area contributed by atoms with Crippen LogP contribution in [0.4, 0.5) is 5.69 Å². The van der Waals surface area contributed by atoms with Gasteiger partial charge in [0.05, 0.1) is 32.1 Å². The number of hydrogen-bond donors (Lipinski definition) is 2. The Kier molecular flexibility index (Phi) is 4.86. The van der Waals surface area contributed by atoms with Crippen molar-refractivity contribution in [3.05, 3.63) is 47.5 Å². The van der Waals surface area contributed by atoms with Crippen LogP contribution in [0, 0.1) is 0 Å². The Balaban J connectivity index is 1.82. The third-order valence-electron chi connectivity index (χ3n) is 3.77. The molecule has 0 radical (unpaired) electrons. The van der Waals surface area contributed by atoms with Crippen LogP contribution in [-0.2, 0) is 0 Å². The van der Waals surface area contributed by atoms with Crippen LogP contribution in [0.5, 0.6) is 17.2 Å². The summed E-state index contributed by atoms with van der Waals surface area (Å²) in [4.78, 5) is 4.56. The minimum atomic E-state index is -0.193. The molecule has 3 rings (SSSR count). The highest BCUT2D eigenvalue weighted by molar-refractivity contribution is 5.94. The number of aliphatic hydroxyl groups excluding tert-OH is 1. The zero-order chi connectivity index (χ0) is 16.9. The number of methoxy groups -OCH3 is 2. The molecule has 0 spiro atoms. The molecule has 0 saturated carbocycles. The summed E-state index contributed by atoms with van der Waals surface area (Å²) in [6, 6.07) is 11.4. The molecule has 1 aliphatic rings. The predicted molar refractivity (Wildman–Crippen MR) is 92.5 cm³/mol. The largest absolute Gasteiger partial charge is 0.497 e. The molecule has 0 bridgehead atoms. The van der Waals surface area contributed by atoms with E-state index >= 15 is 0 Å². The Labute approximate surface area is 140 Å². The SMILES string of the molecule is COc1cc2c(c(OC)c1)C=NC(c1ccc(OCCO)cc1)N2. The van der Waals surface area contributed by atoms with Crippen molar-refractivity contribution < 1.29 is 19.3 Å². The van der Waals surface area contributed by atoms with Gasteiger partial charge in [-0.3, -0.25) is 4.99 Å². The summed E-state index contributed by atoms with van der Waals surface area (Å²) in [6.07, 6.45) is 1.62. The van der Waals surface area contributed by atoms with Crippen molar-refractivity contribution in [2.75, 3.05) is 32.8 Å². The molecule has 1 atom stereocenters. The Morgan fingerprint density at radius 1 is 1.08 bits per heavy atom. The van der Waals surface area contributed by atoms with Gasteiger partial charge in [0.25, 0.3) is 0 Å². The second kappa shape index (κ2) is 7.23. The lowest BCUT2D eigenvalue weighted by Crippen LogP contribution is -2.15. The van der Waals surface area contributed by atoms with Crippen LogP contribution in [0.15, 0.2) is 41.4 Å². The quantitative estimate of drug-likeness (QED) is 0.853. The lowest BCUT2D eigenvalue weighted by Gasteiger charge is -2.24. The molecule has 0 fully saturated rings. The van der Waals surface area contributed by atoms with Gasteiger partial charge in [0.15, 0.2) is 0 Å². The summed E-state index contributed by atoms with van der Waals surface area (Å²) in [6.45, 7) is 0.281. The summed E-state index contributed by atoms with van der Waals surface area (Å²) in [5.74, 6) is 2.16. The van der Waals surface area contributed by atoms with Crippen molar-refractivity contribution in [1.29, 1.82) is 0 Å². The summed E-state index contributed by atoms with van der Waals surface area (Å²) in [7, 11) is 3.25. The molecule has 2 aromatic carbocycles. The lowest BCUT2D eigenvalue weighted by molar-refractivity contribution is 0.201. The van der Waals surface area contributed by atoms with Gasteiger partial charge in [-0.05, 0) is 17.7 Å². The maximum Gasteiger partial charge on any atom is 0.144 e. The molecule has 0 aromatic heterocycles. The molecule has 1 unspecified atom stereocenters. The van der Waals surface area contributed by atoms with E-state index in [0.717, 1.165) is 28.3 Å². The number of aliphatic hydroxyl groups is 1. The third kappa shape index (κ3) is 3.28. The average Bonchev–Trinajstić information content (AvgIpc) is 2.65. The molecular formula is C18H20N2O4. The fourth-order valence-corrected chi connectivity index (χ4v) is 2.55. The van der Waals surface area contributed by atoms with E-state index in [1.807, 2.05) is 42.6 Å². The number of rotatable bonds is 6. The lowest BCUT2D eigenvalue weighted by atomic mass is 10.1. The van der Waals surface area contributed by atoms with E-state index in [4.69, 9.17) is 19.3 Å². The molecule has 0 aliphatic carbocycles. The standard InChI is InChI=1S/C18H20N2O4/c1-22-14-9-16-15(17(10-14)23-2)11-19-18(20-16)12-3-5-13(6-4-12)24-8-7-21/h3-6,9-11,18,20-21H,7-8H2,1-2H3. The van der Waals surface area contributed by atoms with Crippen molar-refractivity contribution in [2.24, 2.45) is 4.99 Å². The summed E-state index contributed by atoms with van der Waals surface area (Å²) >= 11 is 0. The number of nitrogens with zero attached hydrogens (tertiary/aromatic N) is 1. The first-order valence-corrected chi connectivity index (χ1v) is 7.64. The highest BCUT2D eigenvalue weighted by atomic mass is 16.5. The highest BCUT2D eigenvalue weighted by Crippen LogP contribution is 2.36. The van der Waals surface area contributed by atoms with Crippen LogP contribution in [0.2, 0.25) is 0 Å². The maximum absolute atomic E-state index is 8.79. The van der Waals surface area contributed by atoms with Gasteiger partial charge in [0, 0.05) is 18.3 Å². The zero-order valence-corrected chi connectivity index (χ0v) is 13.7. The number of benzene rings is 2. The van der Waals surface area contributed by atoms with Crippen LogP contribution in [0.25, 0.3) is 0 Å². The predicted octanol–water partition coefficient (Wildman–Crippen LogP) is 2.62. The van der Waals surface area contributed by atoms with Gasteiger partial charge in [-0.2, -0.15) is 0 Å². The van der Waals surface area contributed by atoms with Crippen molar-refractivity contribution >= 4 is 11.9 Å². The number of nitrogens with one attached hydrogen (secondary N) is 1. The van der Waals surface area contributed by atoms with Crippen molar-refractivity contribution in [3.8, 4) is 17.2 Å². The smallest absolute Gasteiger partial charge is 0.144 e. The average molecular weight is 328 g/mol. The number of fused-ring (bicyclic) bond motifs is 1. The van der Waals surface area contributed by atoms with Crippen LogP contribution in [0.1, 0.15) is 17.3 Å². The molecule has 6 nitrogen and oxygen atoms in total. The van der Waals surface area contributed by atoms with Crippen LogP contribution in [-0.4, -0.2) is 38.8 Å². The maximum atomic E-state index is 8.79. The van der Waals surface area contributed by atoms with Gasteiger partial charge in [-0.1, -0.05) is 12.1 Å². The van der Waals surface area contributed by atoms with E-state index in [2.05, 4.69) is 10.3 Å². The van der Waals surface area contributed by atoms with Gasteiger partial charge < -0.3 is 24.6 Å². The molecule has 0 saturated heterocycles. The van der Waals surface area contributed by atoms with E-state index in [9.17, 15) is 0 Å². The Morgan fingerprint density at radius 2 is 1.88 bits per heavy atom. The molecule has 24 heavy (non-hydrogen) atoms. The van der Waals surface area contributed by atoms with E-state index in [1.165, 1.54) is 0 Å². The first-order chi connectivity index (χ1) is 11.7. The molecule has 0 amide bonds. The second-order valence-electron chi connectivity index (χ2n) is 5.26. The Hall–Kier alpha value is -2.73. The summed E-state index contributed by atoms with van der Waals surface area (Å²) < 4.78 is 16.1. The zero-order valence-electron chi connectivity index (χ0n) is 13.7. The van der Waals surface area contributed by atoms with E-state index in [-0.39, 0.29) is 19.4 Å². The van der Waals surface area contributed by atoms with Crippen molar-refractivity contribution in [2.45, 2.75) is 6.17 Å². The number of aliphatic imine (C=N–C) groups is 1. The topological polar surface area (TPSA) is 72.3 Å². The first-order valence-electron chi connectivity index (χ1n) is 7.64. The van der Waals surface area contributed by atoms with Crippen molar-refractivity contribution in [1.82, 2.24) is 0 Å². The van der Waals surface area contributed by atoms with Gasteiger partial charge >= 0.3 is 0 Å². The van der Waals surface area contributed by atoms with Crippen LogP contribution >= 0.6 is 0 Å². The van der Waals surface area contributed by atoms with Gasteiger partial charge in [-0.25, -0.2) is 0 Å². The molecule has 2 N–H and O–H groups in total. The van der Waals surface area contributed by atoms with E-state index in [0.29, 0.717) is 5.75 Å². The van der Waals surface area contributed by atoms with E-state index < -0.39 is 0 Å². The minimum absolute atomic E-state index is 0.00330. The number of ether oxygens (including phenoxy) is 3. The molecule has 6 heteroatoms. The molecule has 1 aliphatic heterocycles. The number of hydrogen-bond acceptors (Lipinski definition) is 6. The normalized spacial score (nSPS) is 15.4. The molecule has 1 heterocycles. The van der Waals surface area contributed by atoms with Crippen LogP contribution < -0.4 is 19.5 Å². The second-order valence-corrected chi connectivity index (χ2v) is 5.26. The number of anilines is 1.